The van der Waals surface area contributed by atoms with Gasteiger partial charge in [-0.15, -0.1) is 0 Å². The Morgan fingerprint density at radius 2 is 2.15 bits per heavy atom. The van der Waals surface area contributed by atoms with Crippen molar-refractivity contribution < 1.29 is 14.2 Å². The average Bonchev–Trinajstić information content (AvgIpc) is 3.06. The number of ether oxygens (including phenoxy) is 3. The van der Waals surface area contributed by atoms with Crippen molar-refractivity contribution in [1.29, 1.82) is 0 Å². The number of methoxy groups -OCH3 is 1. The van der Waals surface area contributed by atoms with Crippen molar-refractivity contribution in [2.24, 2.45) is 5.92 Å². The van der Waals surface area contributed by atoms with Crippen molar-refractivity contribution in [3.05, 3.63) is 59.9 Å². The van der Waals surface area contributed by atoms with Gasteiger partial charge in [-0.1, -0.05) is 18.2 Å². The minimum Gasteiger partial charge on any atom is -0.497 e. The number of benzene rings is 1. The largest absolute Gasteiger partial charge is 0.497 e. The number of pyridine rings is 1. The van der Waals surface area contributed by atoms with E-state index in [-0.39, 0.29) is 5.60 Å². The molecule has 0 amide bonds. The maximum absolute atomic E-state index is 6.14. The summed E-state index contributed by atoms with van der Waals surface area (Å²) in [5.41, 5.74) is 2.23. The van der Waals surface area contributed by atoms with Crippen molar-refractivity contribution in [3.63, 3.8) is 0 Å². The molecule has 4 rings (SSSR count). The van der Waals surface area contributed by atoms with E-state index >= 15 is 0 Å². The Kier molecular flexibility index (Phi) is 5.20. The lowest BCUT2D eigenvalue weighted by Crippen LogP contribution is -2.64. The van der Waals surface area contributed by atoms with Crippen molar-refractivity contribution >= 4 is 0 Å². The fraction of sp³-hybridized carbons (Fsp3) is 0.476. The number of nitrogens with zero attached hydrogens (tertiary/aromatic N) is 2. The topological polar surface area (TPSA) is 43.8 Å². The summed E-state index contributed by atoms with van der Waals surface area (Å²) in [4.78, 5) is 6.75. The van der Waals surface area contributed by atoms with Crippen molar-refractivity contribution in [2.45, 2.75) is 25.2 Å². The lowest BCUT2D eigenvalue weighted by Gasteiger charge is -2.50. The number of hydrogen-bond acceptors (Lipinski definition) is 5. The molecule has 3 heterocycles. The zero-order chi connectivity index (χ0) is 17.8. The molecule has 5 nitrogen and oxygen atoms in total. The SMILES string of the molecule is COc1cccc(CN2CC3(C2)OCC[C@@H]3COCc2ccccn2)c1. The number of rotatable bonds is 7. The van der Waals surface area contributed by atoms with Gasteiger partial charge < -0.3 is 14.2 Å². The molecule has 138 valence electrons. The molecular weight excluding hydrogens is 328 g/mol. The first kappa shape index (κ1) is 17.5. The standard InChI is InChI=1S/C21H26N2O3/c1-24-20-7-4-5-17(11-20)12-23-15-21(16-23)18(8-10-26-21)13-25-14-19-6-2-3-9-22-19/h2-7,9,11,18H,8,10,12-16H2,1H3/t18-/m1/s1. The van der Waals surface area contributed by atoms with E-state index in [2.05, 4.69) is 22.0 Å². The van der Waals surface area contributed by atoms with E-state index < -0.39 is 0 Å². The predicted molar refractivity (Wildman–Crippen MR) is 99.0 cm³/mol. The van der Waals surface area contributed by atoms with Crippen LogP contribution in [0, 0.1) is 5.92 Å². The van der Waals surface area contributed by atoms with Crippen LogP contribution in [0.4, 0.5) is 0 Å². The van der Waals surface area contributed by atoms with Crippen LogP contribution in [-0.4, -0.2) is 48.9 Å². The second-order valence-corrected chi connectivity index (χ2v) is 7.23. The lowest BCUT2D eigenvalue weighted by molar-refractivity contribution is -0.146. The third-order valence-corrected chi connectivity index (χ3v) is 5.42. The Morgan fingerprint density at radius 3 is 2.96 bits per heavy atom. The highest BCUT2D eigenvalue weighted by Gasteiger charge is 2.52. The molecule has 0 unspecified atom stereocenters. The molecule has 2 aliphatic heterocycles. The summed E-state index contributed by atoms with van der Waals surface area (Å²) >= 11 is 0. The van der Waals surface area contributed by atoms with Gasteiger partial charge in [0.1, 0.15) is 5.75 Å². The zero-order valence-corrected chi connectivity index (χ0v) is 15.3. The quantitative estimate of drug-likeness (QED) is 0.765. The summed E-state index contributed by atoms with van der Waals surface area (Å²) in [6.07, 6.45) is 2.89. The molecule has 0 bridgehead atoms. The second-order valence-electron chi connectivity index (χ2n) is 7.23. The molecule has 1 atom stereocenters. The highest BCUT2D eigenvalue weighted by Crippen LogP contribution is 2.40. The van der Waals surface area contributed by atoms with Gasteiger partial charge in [0.05, 0.1) is 31.6 Å². The van der Waals surface area contributed by atoms with Gasteiger partial charge in [-0.2, -0.15) is 0 Å². The first-order chi connectivity index (χ1) is 12.8. The Morgan fingerprint density at radius 1 is 1.23 bits per heavy atom. The number of hydrogen-bond donors (Lipinski definition) is 0. The maximum atomic E-state index is 6.14. The molecule has 2 saturated heterocycles. The minimum atomic E-state index is -0.0248. The molecule has 0 aliphatic carbocycles. The summed E-state index contributed by atoms with van der Waals surface area (Å²) in [6.45, 7) is 5.03. The average molecular weight is 354 g/mol. The number of aromatic nitrogens is 1. The fourth-order valence-corrected chi connectivity index (χ4v) is 4.01. The molecule has 2 aliphatic rings. The van der Waals surface area contributed by atoms with Crippen molar-refractivity contribution in [1.82, 2.24) is 9.88 Å². The molecular formula is C21H26N2O3. The van der Waals surface area contributed by atoms with Gasteiger partial charge in [0.2, 0.25) is 0 Å². The van der Waals surface area contributed by atoms with Gasteiger partial charge in [-0.3, -0.25) is 9.88 Å². The summed E-state index contributed by atoms with van der Waals surface area (Å²) in [5, 5.41) is 0. The first-order valence-electron chi connectivity index (χ1n) is 9.24. The van der Waals surface area contributed by atoms with Crippen LogP contribution in [0.1, 0.15) is 17.7 Å². The van der Waals surface area contributed by atoms with E-state index in [0.29, 0.717) is 12.5 Å². The maximum Gasteiger partial charge on any atom is 0.119 e. The highest BCUT2D eigenvalue weighted by atomic mass is 16.5. The molecule has 0 radical (unpaired) electrons. The predicted octanol–water partition coefficient (Wildman–Crippen LogP) is 2.90. The van der Waals surface area contributed by atoms with Gasteiger partial charge in [0.15, 0.2) is 0 Å². The third-order valence-electron chi connectivity index (χ3n) is 5.42. The Bertz CT molecular complexity index is 716. The van der Waals surface area contributed by atoms with Crippen LogP contribution in [0.3, 0.4) is 0 Å². The van der Waals surface area contributed by atoms with E-state index in [1.165, 1.54) is 5.56 Å². The van der Waals surface area contributed by atoms with Crippen LogP contribution >= 0.6 is 0 Å². The first-order valence-corrected chi connectivity index (χ1v) is 9.24. The van der Waals surface area contributed by atoms with E-state index in [0.717, 1.165) is 50.7 Å². The molecule has 26 heavy (non-hydrogen) atoms. The Balaban J connectivity index is 1.27. The van der Waals surface area contributed by atoms with Crippen LogP contribution in [-0.2, 0) is 22.6 Å². The van der Waals surface area contributed by atoms with Crippen LogP contribution < -0.4 is 4.74 Å². The van der Waals surface area contributed by atoms with E-state index in [9.17, 15) is 0 Å². The normalized spacial score (nSPS) is 21.7. The van der Waals surface area contributed by atoms with Gasteiger partial charge in [0, 0.05) is 38.4 Å². The Labute approximate surface area is 154 Å². The van der Waals surface area contributed by atoms with Gasteiger partial charge in [0.25, 0.3) is 0 Å². The smallest absolute Gasteiger partial charge is 0.119 e. The van der Waals surface area contributed by atoms with Crippen LogP contribution in [0.25, 0.3) is 0 Å². The summed E-state index contributed by atoms with van der Waals surface area (Å²) < 4.78 is 17.4. The molecule has 1 aromatic heterocycles. The molecule has 2 fully saturated rings. The summed E-state index contributed by atoms with van der Waals surface area (Å²) in [6, 6.07) is 14.2. The summed E-state index contributed by atoms with van der Waals surface area (Å²) in [5.74, 6) is 1.38. The molecule has 0 N–H and O–H groups in total. The van der Waals surface area contributed by atoms with Gasteiger partial charge in [-0.25, -0.2) is 0 Å². The molecule has 0 saturated carbocycles. The highest BCUT2D eigenvalue weighted by molar-refractivity contribution is 5.28. The third kappa shape index (κ3) is 3.75. The molecule has 2 aromatic rings. The van der Waals surface area contributed by atoms with E-state index in [1.54, 1.807) is 13.3 Å². The minimum absolute atomic E-state index is 0.0248. The van der Waals surface area contributed by atoms with E-state index in [4.69, 9.17) is 14.2 Å². The van der Waals surface area contributed by atoms with Gasteiger partial charge in [-0.05, 0) is 36.2 Å². The Hall–Kier alpha value is -1.95. The fourth-order valence-electron chi connectivity index (χ4n) is 4.01. The zero-order valence-electron chi connectivity index (χ0n) is 15.3. The van der Waals surface area contributed by atoms with Crippen molar-refractivity contribution in [2.75, 3.05) is 33.4 Å². The monoisotopic (exact) mass is 354 g/mol. The molecule has 1 spiro atoms. The van der Waals surface area contributed by atoms with Crippen LogP contribution in [0.5, 0.6) is 5.75 Å². The van der Waals surface area contributed by atoms with Crippen LogP contribution in [0.15, 0.2) is 48.7 Å². The van der Waals surface area contributed by atoms with Crippen LogP contribution in [0.2, 0.25) is 0 Å². The van der Waals surface area contributed by atoms with Gasteiger partial charge >= 0.3 is 0 Å². The number of likely N-dealkylation sites (tertiary alicyclic amines) is 1. The van der Waals surface area contributed by atoms with E-state index in [1.807, 2.05) is 30.3 Å². The summed E-state index contributed by atoms with van der Waals surface area (Å²) in [7, 11) is 1.71. The lowest BCUT2D eigenvalue weighted by atomic mass is 9.81. The molecule has 1 aromatic carbocycles. The second kappa shape index (κ2) is 7.74. The van der Waals surface area contributed by atoms with Crippen molar-refractivity contribution in [3.8, 4) is 5.75 Å². The molecule has 5 heteroatoms.